The van der Waals surface area contributed by atoms with Crippen molar-refractivity contribution in [1.29, 1.82) is 0 Å². The predicted molar refractivity (Wildman–Crippen MR) is 55.9 cm³/mol. The van der Waals surface area contributed by atoms with Crippen LogP contribution < -0.4 is 4.46 Å². The van der Waals surface area contributed by atoms with Gasteiger partial charge in [-0.3, -0.25) is 0 Å². The van der Waals surface area contributed by atoms with E-state index in [0.29, 0.717) is 15.0 Å². The van der Waals surface area contributed by atoms with Gasteiger partial charge in [-0.05, 0) is 0 Å². The van der Waals surface area contributed by atoms with Crippen LogP contribution in [-0.2, 0) is 0 Å². The monoisotopic (exact) mass is 226 g/mol. The second-order valence-electron chi connectivity index (χ2n) is 2.59. The first-order valence-corrected chi connectivity index (χ1v) is 6.14. The van der Waals surface area contributed by atoms with Gasteiger partial charge in [-0.15, -0.1) is 0 Å². The SMILES string of the molecule is CCC/C=C\[Se]c1ccccc1. The number of unbranched alkanes of at least 4 members (excludes halogenated alkanes) is 1. The van der Waals surface area contributed by atoms with Crippen LogP contribution in [0.4, 0.5) is 0 Å². The normalized spacial score (nSPS) is 10.8. The second-order valence-corrected chi connectivity index (χ2v) is 4.65. The molecule has 0 saturated carbocycles. The van der Waals surface area contributed by atoms with Gasteiger partial charge in [-0.2, -0.15) is 0 Å². The zero-order valence-electron chi connectivity index (χ0n) is 7.36. The molecule has 0 aliphatic heterocycles. The van der Waals surface area contributed by atoms with Crippen molar-refractivity contribution in [3.63, 3.8) is 0 Å². The van der Waals surface area contributed by atoms with E-state index in [0.717, 1.165) is 0 Å². The van der Waals surface area contributed by atoms with Crippen LogP contribution in [0.25, 0.3) is 0 Å². The minimum absolute atomic E-state index is 0.538. The van der Waals surface area contributed by atoms with E-state index < -0.39 is 0 Å². The average molecular weight is 225 g/mol. The molecule has 1 rings (SSSR count). The van der Waals surface area contributed by atoms with E-state index in [1.54, 1.807) is 0 Å². The third kappa shape index (κ3) is 3.75. The topological polar surface area (TPSA) is 0 Å². The number of rotatable bonds is 4. The molecule has 0 fully saturated rings. The van der Waals surface area contributed by atoms with E-state index in [4.69, 9.17) is 0 Å². The molecular weight excluding hydrogens is 211 g/mol. The molecule has 0 aromatic heterocycles. The van der Waals surface area contributed by atoms with Crippen molar-refractivity contribution in [2.75, 3.05) is 0 Å². The third-order valence-electron chi connectivity index (χ3n) is 1.50. The predicted octanol–water partition coefficient (Wildman–Crippen LogP) is 2.33. The number of benzene rings is 1. The van der Waals surface area contributed by atoms with Crippen LogP contribution in [0.1, 0.15) is 19.8 Å². The van der Waals surface area contributed by atoms with Crippen molar-refractivity contribution >= 4 is 19.4 Å². The zero-order valence-corrected chi connectivity index (χ0v) is 9.08. The minimum atomic E-state index is 0.538. The van der Waals surface area contributed by atoms with Crippen LogP contribution in [-0.4, -0.2) is 15.0 Å². The van der Waals surface area contributed by atoms with Gasteiger partial charge >= 0.3 is 80.6 Å². The summed E-state index contributed by atoms with van der Waals surface area (Å²) >= 11 is 0.538. The first kappa shape index (κ1) is 9.57. The van der Waals surface area contributed by atoms with Crippen LogP contribution >= 0.6 is 0 Å². The Morgan fingerprint density at radius 2 is 2.00 bits per heavy atom. The van der Waals surface area contributed by atoms with Gasteiger partial charge in [0.25, 0.3) is 0 Å². The molecule has 12 heavy (non-hydrogen) atoms. The molecule has 1 aromatic rings. The Balaban J connectivity index is 2.33. The molecule has 0 radical (unpaired) electrons. The van der Waals surface area contributed by atoms with E-state index in [-0.39, 0.29) is 0 Å². The number of hydrogen-bond donors (Lipinski definition) is 0. The van der Waals surface area contributed by atoms with Crippen molar-refractivity contribution in [2.45, 2.75) is 19.8 Å². The number of hydrogen-bond acceptors (Lipinski definition) is 0. The summed E-state index contributed by atoms with van der Waals surface area (Å²) in [5.74, 6) is 0. The van der Waals surface area contributed by atoms with Crippen LogP contribution in [0.5, 0.6) is 0 Å². The Morgan fingerprint density at radius 3 is 2.67 bits per heavy atom. The summed E-state index contributed by atoms with van der Waals surface area (Å²) < 4.78 is 1.46. The summed E-state index contributed by atoms with van der Waals surface area (Å²) in [5, 5.41) is 0. The Hall–Kier alpha value is -0.521. The van der Waals surface area contributed by atoms with Crippen LogP contribution in [0.2, 0.25) is 0 Å². The Morgan fingerprint density at radius 1 is 1.25 bits per heavy atom. The summed E-state index contributed by atoms with van der Waals surface area (Å²) in [4.78, 5) is 2.31. The fraction of sp³-hybridized carbons (Fsp3) is 0.273. The second kappa shape index (κ2) is 6.05. The van der Waals surface area contributed by atoms with Gasteiger partial charge in [-0.25, -0.2) is 0 Å². The molecular formula is C11H14Se. The first-order chi connectivity index (χ1) is 5.93. The van der Waals surface area contributed by atoms with Gasteiger partial charge in [0.15, 0.2) is 0 Å². The molecule has 0 aliphatic carbocycles. The molecule has 0 amide bonds. The third-order valence-corrected chi connectivity index (χ3v) is 3.33. The molecule has 1 heteroatoms. The van der Waals surface area contributed by atoms with E-state index in [1.165, 1.54) is 17.3 Å². The van der Waals surface area contributed by atoms with Crippen LogP contribution in [0.15, 0.2) is 41.4 Å². The maximum atomic E-state index is 2.31. The Labute approximate surface area is 80.8 Å². The zero-order chi connectivity index (χ0) is 8.65. The molecule has 0 unspecified atom stereocenters. The van der Waals surface area contributed by atoms with Crippen molar-refractivity contribution in [1.82, 2.24) is 0 Å². The maximum absolute atomic E-state index is 2.31. The van der Waals surface area contributed by atoms with Gasteiger partial charge in [0.1, 0.15) is 0 Å². The summed E-state index contributed by atoms with van der Waals surface area (Å²) in [5.41, 5.74) is 0. The molecule has 0 saturated heterocycles. The van der Waals surface area contributed by atoms with Gasteiger partial charge < -0.3 is 0 Å². The molecule has 0 nitrogen and oxygen atoms in total. The summed E-state index contributed by atoms with van der Waals surface area (Å²) in [7, 11) is 0. The van der Waals surface area contributed by atoms with Crippen LogP contribution in [0, 0.1) is 0 Å². The van der Waals surface area contributed by atoms with Crippen molar-refractivity contribution < 1.29 is 0 Å². The van der Waals surface area contributed by atoms with Crippen molar-refractivity contribution in [3.8, 4) is 0 Å². The standard InChI is InChI=1S/C11H14Se/c1-2-3-7-10-12-11-8-5-4-6-9-11/h4-10H,2-3H2,1H3/b10-7-. The van der Waals surface area contributed by atoms with Gasteiger partial charge in [0, 0.05) is 0 Å². The van der Waals surface area contributed by atoms with E-state index in [1.807, 2.05) is 0 Å². The fourth-order valence-corrected chi connectivity index (χ4v) is 2.34. The van der Waals surface area contributed by atoms with E-state index in [9.17, 15) is 0 Å². The molecule has 64 valence electrons. The molecule has 0 bridgehead atoms. The number of allylic oxidation sites excluding steroid dienone is 1. The quantitative estimate of drug-likeness (QED) is 0.690. The summed E-state index contributed by atoms with van der Waals surface area (Å²) in [6, 6.07) is 10.7. The van der Waals surface area contributed by atoms with Gasteiger partial charge in [0.2, 0.25) is 0 Å². The molecule has 0 atom stereocenters. The van der Waals surface area contributed by atoms with Gasteiger partial charge in [-0.1, -0.05) is 0 Å². The molecule has 0 spiro atoms. The van der Waals surface area contributed by atoms with Crippen LogP contribution in [0.3, 0.4) is 0 Å². The van der Waals surface area contributed by atoms with Gasteiger partial charge in [0.05, 0.1) is 0 Å². The van der Waals surface area contributed by atoms with E-state index >= 15 is 0 Å². The summed E-state index contributed by atoms with van der Waals surface area (Å²) in [6.07, 6.45) is 4.75. The first-order valence-electron chi connectivity index (χ1n) is 4.30. The Kier molecular flexibility index (Phi) is 4.82. The van der Waals surface area contributed by atoms with Crippen molar-refractivity contribution in [2.24, 2.45) is 0 Å². The van der Waals surface area contributed by atoms with Crippen molar-refractivity contribution in [3.05, 3.63) is 41.4 Å². The van der Waals surface area contributed by atoms with E-state index in [2.05, 4.69) is 48.3 Å². The fourth-order valence-electron chi connectivity index (χ4n) is 0.860. The average Bonchev–Trinajstić information content (AvgIpc) is 2.14. The molecule has 1 aromatic carbocycles. The molecule has 0 N–H and O–H groups in total. The Bertz CT molecular complexity index is 226. The molecule has 0 heterocycles. The molecule has 0 aliphatic rings. The summed E-state index contributed by atoms with van der Waals surface area (Å²) in [6.45, 7) is 2.21.